The van der Waals surface area contributed by atoms with Gasteiger partial charge in [-0.05, 0) is 49.9 Å². The van der Waals surface area contributed by atoms with E-state index in [1.54, 1.807) is 17.0 Å². The van der Waals surface area contributed by atoms with E-state index in [1.807, 2.05) is 43.3 Å². The van der Waals surface area contributed by atoms with E-state index < -0.39 is 0 Å². The Morgan fingerprint density at radius 2 is 1.79 bits per heavy atom. The molecule has 0 aliphatic carbocycles. The van der Waals surface area contributed by atoms with Gasteiger partial charge in [0.2, 0.25) is 5.91 Å². The third-order valence-corrected chi connectivity index (χ3v) is 6.07. The van der Waals surface area contributed by atoms with Crippen LogP contribution in [0.3, 0.4) is 0 Å². The van der Waals surface area contributed by atoms with Crippen molar-refractivity contribution in [3.63, 3.8) is 0 Å². The van der Waals surface area contributed by atoms with E-state index in [0.717, 1.165) is 53.9 Å². The molecule has 3 heterocycles. The largest absolute Gasteiger partial charge is 0.354 e. The number of para-hydroxylation sites is 3. The molecule has 0 saturated carbocycles. The van der Waals surface area contributed by atoms with Crippen molar-refractivity contribution in [2.75, 3.05) is 23.3 Å². The Balaban J connectivity index is 1.30. The molecule has 4 aromatic rings. The Hall–Kier alpha value is -3.81. The van der Waals surface area contributed by atoms with Crippen LogP contribution in [0.2, 0.25) is 0 Å². The van der Waals surface area contributed by atoms with Crippen LogP contribution in [0.5, 0.6) is 0 Å². The highest BCUT2D eigenvalue weighted by atomic mass is 16.1. The van der Waals surface area contributed by atoms with Gasteiger partial charge in [0.25, 0.3) is 5.56 Å². The van der Waals surface area contributed by atoms with Gasteiger partial charge in [0, 0.05) is 26.1 Å². The minimum atomic E-state index is -0.141. The molecule has 168 valence electrons. The van der Waals surface area contributed by atoms with Gasteiger partial charge >= 0.3 is 0 Å². The lowest BCUT2D eigenvalue weighted by molar-refractivity contribution is -0.116. The zero-order valence-electron chi connectivity index (χ0n) is 18.6. The highest BCUT2D eigenvalue weighted by molar-refractivity contribution is 5.94. The number of aryl methyl sites for hydroxylation is 2. The maximum atomic E-state index is 12.8. The van der Waals surface area contributed by atoms with Crippen LogP contribution in [-0.2, 0) is 11.3 Å². The molecule has 1 fully saturated rings. The molecule has 5 rings (SSSR count). The molecule has 33 heavy (non-hydrogen) atoms. The summed E-state index contributed by atoms with van der Waals surface area (Å²) in [5.74, 6) is 1.09. The minimum Gasteiger partial charge on any atom is -0.354 e. The second-order valence-corrected chi connectivity index (χ2v) is 8.44. The maximum Gasteiger partial charge on any atom is 0.261 e. The van der Waals surface area contributed by atoms with Crippen molar-refractivity contribution >= 4 is 39.5 Å². The SMILES string of the molecule is Cc1cccc2c(=O)n(CCCC(=O)Nc3nc4ccccc4nc3N3CCCC3)cnc12. The summed E-state index contributed by atoms with van der Waals surface area (Å²) in [5.41, 5.74) is 3.18. The minimum absolute atomic E-state index is 0.0826. The molecule has 1 N–H and O–H groups in total. The normalized spacial score (nSPS) is 13.7. The Labute approximate surface area is 191 Å². The van der Waals surface area contributed by atoms with Crippen molar-refractivity contribution in [1.82, 2.24) is 19.5 Å². The highest BCUT2D eigenvalue weighted by Gasteiger charge is 2.20. The van der Waals surface area contributed by atoms with Crippen molar-refractivity contribution in [1.29, 1.82) is 0 Å². The summed E-state index contributed by atoms with van der Waals surface area (Å²) in [6, 6.07) is 13.3. The molecule has 1 aliphatic heterocycles. The molecule has 8 heteroatoms. The van der Waals surface area contributed by atoms with Crippen molar-refractivity contribution in [2.45, 2.75) is 39.2 Å². The number of amides is 1. The number of nitrogens with one attached hydrogen (secondary N) is 1. The zero-order chi connectivity index (χ0) is 22.8. The third-order valence-electron chi connectivity index (χ3n) is 6.07. The number of nitrogens with zero attached hydrogens (tertiary/aromatic N) is 5. The molecule has 1 saturated heterocycles. The van der Waals surface area contributed by atoms with Crippen LogP contribution in [-0.4, -0.2) is 38.5 Å². The first-order valence-electron chi connectivity index (χ1n) is 11.4. The second-order valence-electron chi connectivity index (χ2n) is 8.44. The van der Waals surface area contributed by atoms with Crippen LogP contribution in [0.4, 0.5) is 11.6 Å². The number of carbonyl (C=O) groups excluding carboxylic acids is 1. The standard InChI is InChI=1S/C25H26N6O2/c1-17-8-6-9-18-22(17)26-16-31(25(18)33)15-7-12-21(32)29-23-24(30-13-4-5-14-30)28-20-11-3-2-10-19(20)27-23/h2-3,6,8-11,16H,4-5,7,12-15H2,1H3,(H,27,29,32). The fraction of sp³-hybridized carbons (Fsp3) is 0.320. The van der Waals surface area contributed by atoms with Crippen molar-refractivity contribution < 1.29 is 4.79 Å². The molecular formula is C25H26N6O2. The zero-order valence-corrected chi connectivity index (χ0v) is 18.6. The van der Waals surface area contributed by atoms with Crippen molar-refractivity contribution in [3.05, 3.63) is 64.7 Å². The van der Waals surface area contributed by atoms with Crippen LogP contribution in [0.15, 0.2) is 53.6 Å². The summed E-state index contributed by atoms with van der Waals surface area (Å²) in [5, 5.41) is 3.56. The topological polar surface area (TPSA) is 93.0 Å². The molecule has 0 radical (unpaired) electrons. The second kappa shape index (κ2) is 8.97. The van der Waals surface area contributed by atoms with E-state index in [9.17, 15) is 9.59 Å². The first kappa shape index (κ1) is 21.1. The molecule has 0 bridgehead atoms. The molecule has 0 atom stereocenters. The van der Waals surface area contributed by atoms with Gasteiger partial charge < -0.3 is 10.2 Å². The number of benzene rings is 2. The number of carbonyl (C=O) groups is 1. The fourth-order valence-corrected chi connectivity index (χ4v) is 4.33. The smallest absolute Gasteiger partial charge is 0.261 e. The Morgan fingerprint density at radius 1 is 1.03 bits per heavy atom. The molecule has 0 spiro atoms. The summed E-state index contributed by atoms with van der Waals surface area (Å²) >= 11 is 0. The van der Waals surface area contributed by atoms with E-state index in [-0.39, 0.29) is 17.9 Å². The molecule has 2 aromatic heterocycles. The first-order valence-corrected chi connectivity index (χ1v) is 11.4. The average molecular weight is 443 g/mol. The molecule has 1 amide bonds. The molecular weight excluding hydrogens is 416 g/mol. The van der Waals surface area contributed by atoms with E-state index in [2.05, 4.69) is 20.2 Å². The molecule has 1 aliphatic rings. The quantitative estimate of drug-likeness (QED) is 0.490. The van der Waals surface area contributed by atoms with Gasteiger partial charge in [-0.15, -0.1) is 0 Å². The number of hydrogen-bond donors (Lipinski definition) is 1. The van der Waals surface area contributed by atoms with E-state index in [4.69, 9.17) is 4.98 Å². The van der Waals surface area contributed by atoms with E-state index in [1.165, 1.54) is 0 Å². The van der Waals surface area contributed by atoms with Crippen LogP contribution >= 0.6 is 0 Å². The first-order chi connectivity index (χ1) is 16.1. The Morgan fingerprint density at radius 3 is 2.58 bits per heavy atom. The average Bonchev–Trinajstić information content (AvgIpc) is 3.35. The maximum absolute atomic E-state index is 12.8. The van der Waals surface area contributed by atoms with Crippen LogP contribution in [0.1, 0.15) is 31.2 Å². The number of aromatic nitrogens is 4. The number of rotatable bonds is 6. The van der Waals surface area contributed by atoms with Gasteiger partial charge in [0.1, 0.15) is 0 Å². The number of anilines is 2. The predicted molar refractivity (Wildman–Crippen MR) is 130 cm³/mol. The van der Waals surface area contributed by atoms with E-state index >= 15 is 0 Å². The number of fused-ring (bicyclic) bond motifs is 2. The summed E-state index contributed by atoms with van der Waals surface area (Å²) in [4.78, 5) is 41.6. The lowest BCUT2D eigenvalue weighted by Gasteiger charge is -2.20. The predicted octanol–water partition coefficient (Wildman–Crippen LogP) is 3.67. The molecule has 0 unspecified atom stereocenters. The van der Waals surface area contributed by atoms with Crippen molar-refractivity contribution in [2.24, 2.45) is 0 Å². The lowest BCUT2D eigenvalue weighted by atomic mass is 10.1. The molecule has 2 aromatic carbocycles. The van der Waals surface area contributed by atoms with Gasteiger partial charge in [-0.3, -0.25) is 14.2 Å². The lowest BCUT2D eigenvalue weighted by Crippen LogP contribution is -2.24. The van der Waals surface area contributed by atoms with Crippen LogP contribution in [0.25, 0.3) is 21.9 Å². The highest BCUT2D eigenvalue weighted by Crippen LogP contribution is 2.28. The van der Waals surface area contributed by atoms with Crippen LogP contribution in [0, 0.1) is 6.92 Å². The van der Waals surface area contributed by atoms with Gasteiger partial charge in [0.05, 0.1) is 28.3 Å². The van der Waals surface area contributed by atoms with Crippen LogP contribution < -0.4 is 15.8 Å². The summed E-state index contributed by atoms with van der Waals surface area (Å²) in [7, 11) is 0. The monoisotopic (exact) mass is 442 g/mol. The summed E-state index contributed by atoms with van der Waals surface area (Å²) in [6.07, 6.45) is 4.57. The summed E-state index contributed by atoms with van der Waals surface area (Å²) in [6.45, 7) is 4.18. The van der Waals surface area contributed by atoms with Crippen molar-refractivity contribution in [3.8, 4) is 0 Å². The third kappa shape index (κ3) is 4.28. The van der Waals surface area contributed by atoms with Gasteiger partial charge in [-0.1, -0.05) is 24.3 Å². The Bertz CT molecular complexity index is 1390. The van der Waals surface area contributed by atoms with Gasteiger partial charge in [-0.25, -0.2) is 15.0 Å². The Kier molecular flexibility index (Phi) is 5.73. The van der Waals surface area contributed by atoms with Gasteiger partial charge in [-0.2, -0.15) is 0 Å². The summed E-state index contributed by atoms with van der Waals surface area (Å²) < 4.78 is 1.57. The molecule has 8 nitrogen and oxygen atoms in total. The number of hydrogen-bond acceptors (Lipinski definition) is 6. The van der Waals surface area contributed by atoms with Gasteiger partial charge in [0.15, 0.2) is 11.6 Å². The fourth-order valence-electron chi connectivity index (χ4n) is 4.33. The van der Waals surface area contributed by atoms with E-state index in [0.29, 0.717) is 24.2 Å².